The fourth-order valence-electron chi connectivity index (χ4n) is 1.88. The Hall–Kier alpha value is -2.03. The van der Waals surface area contributed by atoms with E-state index in [1.165, 1.54) is 18.3 Å². The van der Waals surface area contributed by atoms with Crippen molar-refractivity contribution >= 4 is 23.3 Å². The summed E-state index contributed by atoms with van der Waals surface area (Å²) in [7, 11) is 0. The monoisotopic (exact) mass is 320 g/mol. The molecule has 1 unspecified atom stereocenters. The zero-order valence-electron chi connectivity index (χ0n) is 10.8. The fourth-order valence-corrected chi connectivity index (χ4v) is 2.56. The first-order valence-electron chi connectivity index (χ1n) is 5.82. The minimum absolute atomic E-state index is 0.0442. The van der Waals surface area contributed by atoms with Gasteiger partial charge in [0, 0.05) is 5.70 Å². The maximum atomic E-state index is 12.1. The van der Waals surface area contributed by atoms with Crippen LogP contribution in [0.1, 0.15) is 18.5 Å². The lowest BCUT2D eigenvalue weighted by atomic mass is 9.98. The summed E-state index contributed by atoms with van der Waals surface area (Å²) >= 11 is 1.34. The van der Waals surface area contributed by atoms with E-state index in [2.05, 4.69) is 15.4 Å². The normalized spacial score (nSPS) is 19.0. The number of esters is 1. The van der Waals surface area contributed by atoms with Gasteiger partial charge in [0.15, 0.2) is 6.61 Å². The topological polar surface area (TPSA) is 67.4 Å². The molecular weight excluding hydrogens is 309 g/mol. The molecule has 0 radical (unpaired) electrons. The third kappa shape index (κ3) is 3.75. The molecule has 0 saturated carbocycles. The second kappa shape index (κ2) is 5.76. The van der Waals surface area contributed by atoms with E-state index in [0.29, 0.717) is 5.56 Å². The van der Waals surface area contributed by atoms with Gasteiger partial charge in [0.05, 0.1) is 11.6 Å². The van der Waals surface area contributed by atoms with Gasteiger partial charge in [-0.25, -0.2) is 9.59 Å². The molecule has 114 valence electrons. The number of urea groups is 1. The van der Waals surface area contributed by atoms with Crippen LogP contribution >= 0.6 is 11.3 Å². The van der Waals surface area contributed by atoms with Gasteiger partial charge in [0.1, 0.15) is 0 Å². The first kappa shape index (κ1) is 15.4. The van der Waals surface area contributed by atoms with Crippen molar-refractivity contribution < 1.29 is 27.5 Å². The summed E-state index contributed by atoms with van der Waals surface area (Å²) in [5.74, 6) is -1.12. The Morgan fingerprint density at radius 1 is 1.48 bits per heavy atom. The van der Waals surface area contributed by atoms with Crippen LogP contribution in [0.2, 0.25) is 0 Å². The summed E-state index contributed by atoms with van der Waals surface area (Å²) in [6.45, 7) is -0.241. The SMILES string of the molecule is CC1=C(C(=O)OCC(F)(F)F)C(c2ccsc2)NC(=O)N1. The summed E-state index contributed by atoms with van der Waals surface area (Å²) in [6, 6.07) is 0.312. The van der Waals surface area contributed by atoms with Gasteiger partial charge < -0.3 is 15.4 Å². The molecule has 1 aliphatic rings. The molecule has 9 heteroatoms. The molecule has 0 aliphatic carbocycles. The smallest absolute Gasteiger partial charge is 0.422 e. The summed E-state index contributed by atoms with van der Waals surface area (Å²) < 4.78 is 40.7. The van der Waals surface area contributed by atoms with Crippen LogP contribution in [0.25, 0.3) is 0 Å². The Morgan fingerprint density at radius 2 is 2.19 bits per heavy atom. The van der Waals surface area contributed by atoms with Crippen LogP contribution in [-0.2, 0) is 9.53 Å². The van der Waals surface area contributed by atoms with Crippen LogP contribution in [0, 0.1) is 0 Å². The molecular formula is C12H11F3N2O3S. The zero-order valence-corrected chi connectivity index (χ0v) is 11.6. The van der Waals surface area contributed by atoms with Crippen LogP contribution in [0.4, 0.5) is 18.0 Å². The van der Waals surface area contributed by atoms with E-state index < -0.39 is 30.8 Å². The van der Waals surface area contributed by atoms with E-state index in [4.69, 9.17) is 0 Å². The molecule has 1 aromatic rings. The summed E-state index contributed by atoms with van der Waals surface area (Å²) in [6.07, 6.45) is -4.60. The zero-order chi connectivity index (χ0) is 15.6. The second-order valence-electron chi connectivity index (χ2n) is 4.32. The number of hydrogen-bond donors (Lipinski definition) is 2. The number of thiophene rings is 1. The van der Waals surface area contributed by atoms with Gasteiger partial charge in [0.25, 0.3) is 0 Å². The average molecular weight is 320 g/mol. The number of carbonyl (C=O) groups is 2. The molecule has 2 amide bonds. The summed E-state index contributed by atoms with van der Waals surface area (Å²) in [5, 5.41) is 8.27. The molecule has 1 aromatic heterocycles. The van der Waals surface area contributed by atoms with Crippen molar-refractivity contribution in [2.45, 2.75) is 19.1 Å². The lowest BCUT2D eigenvalue weighted by Gasteiger charge is -2.27. The Bertz CT molecular complexity index is 581. The Morgan fingerprint density at radius 3 is 2.76 bits per heavy atom. The van der Waals surface area contributed by atoms with Gasteiger partial charge in [-0.3, -0.25) is 0 Å². The number of rotatable bonds is 3. The van der Waals surface area contributed by atoms with Crippen LogP contribution in [0.3, 0.4) is 0 Å². The molecule has 0 fully saturated rings. The Labute approximate surface area is 121 Å². The predicted octanol–water partition coefficient (Wildman–Crippen LogP) is 2.48. The van der Waals surface area contributed by atoms with Crippen LogP contribution < -0.4 is 10.6 Å². The molecule has 0 spiro atoms. The third-order valence-electron chi connectivity index (χ3n) is 2.73. The lowest BCUT2D eigenvalue weighted by molar-refractivity contribution is -0.183. The number of nitrogens with one attached hydrogen (secondary N) is 2. The van der Waals surface area contributed by atoms with Crippen molar-refractivity contribution in [3.8, 4) is 0 Å². The van der Waals surface area contributed by atoms with Gasteiger partial charge in [0.2, 0.25) is 0 Å². The first-order valence-corrected chi connectivity index (χ1v) is 6.76. The molecule has 1 atom stereocenters. The van der Waals surface area contributed by atoms with Crippen molar-refractivity contribution in [3.63, 3.8) is 0 Å². The number of carbonyl (C=O) groups excluding carboxylic acids is 2. The van der Waals surface area contributed by atoms with E-state index in [1.807, 2.05) is 0 Å². The molecule has 0 bridgehead atoms. The highest BCUT2D eigenvalue weighted by atomic mass is 32.1. The summed E-state index contributed by atoms with van der Waals surface area (Å²) in [4.78, 5) is 23.4. The Kier molecular flexibility index (Phi) is 4.21. The lowest BCUT2D eigenvalue weighted by Crippen LogP contribution is -2.45. The largest absolute Gasteiger partial charge is 0.453 e. The van der Waals surface area contributed by atoms with E-state index in [1.54, 1.807) is 16.8 Å². The molecule has 5 nitrogen and oxygen atoms in total. The number of hydrogen-bond acceptors (Lipinski definition) is 4. The fraction of sp³-hybridized carbons (Fsp3) is 0.333. The second-order valence-corrected chi connectivity index (χ2v) is 5.10. The van der Waals surface area contributed by atoms with Crippen LogP contribution in [0.15, 0.2) is 28.1 Å². The molecule has 2 rings (SSSR count). The average Bonchev–Trinajstić information content (AvgIpc) is 2.87. The minimum atomic E-state index is -4.60. The molecule has 1 aliphatic heterocycles. The maximum absolute atomic E-state index is 12.1. The van der Waals surface area contributed by atoms with Gasteiger partial charge >= 0.3 is 18.2 Å². The van der Waals surface area contributed by atoms with E-state index in [9.17, 15) is 22.8 Å². The number of allylic oxidation sites excluding steroid dienone is 1. The van der Waals surface area contributed by atoms with E-state index >= 15 is 0 Å². The van der Waals surface area contributed by atoms with Gasteiger partial charge in [-0.05, 0) is 29.3 Å². The van der Waals surface area contributed by atoms with Crippen molar-refractivity contribution in [1.82, 2.24) is 10.6 Å². The van der Waals surface area contributed by atoms with Gasteiger partial charge in [-0.15, -0.1) is 0 Å². The van der Waals surface area contributed by atoms with E-state index in [0.717, 1.165) is 0 Å². The Balaban J connectivity index is 2.26. The third-order valence-corrected chi connectivity index (χ3v) is 3.43. The number of amides is 2. The molecule has 2 N–H and O–H groups in total. The van der Waals surface area contributed by atoms with Gasteiger partial charge in [-0.1, -0.05) is 0 Å². The highest BCUT2D eigenvalue weighted by Crippen LogP contribution is 2.29. The first-order chi connectivity index (χ1) is 9.78. The standard InChI is InChI=1S/C12H11F3N2O3S/c1-6-8(10(18)20-5-12(13,14)15)9(17-11(19)16-6)7-2-3-21-4-7/h2-4,9H,5H2,1H3,(H2,16,17,19). The molecule has 0 aromatic carbocycles. The predicted molar refractivity (Wildman–Crippen MR) is 68.4 cm³/mol. The molecule has 0 saturated heterocycles. The van der Waals surface area contributed by atoms with Gasteiger partial charge in [-0.2, -0.15) is 24.5 Å². The summed E-state index contributed by atoms with van der Waals surface area (Å²) in [5.41, 5.74) is 0.729. The van der Waals surface area contributed by atoms with Crippen molar-refractivity contribution in [2.24, 2.45) is 0 Å². The van der Waals surface area contributed by atoms with Crippen LogP contribution in [-0.4, -0.2) is 24.8 Å². The van der Waals surface area contributed by atoms with Crippen LogP contribution in [0.5, 0.6) is 0 Å². The quantitative estimate of drug-likeness (QED) is 0.841. The van der Waals surface area contributed by atoms with Crippen molar-refractivity contribution in [1.29, 1.82) is 0 Å². The van der Waals surface area contributed by atoms with E-state index in [-0.39, 0.29) is 11.3 Å². The van der Waals surface area contributed by atoms with Crippen molar-refractivity contribution in [3.05, 3.63) is 33.7 Å². The highest BCUT2D eigenvalue weighted by molar-refractivity contribution is 7.08. The van der Waals surface area contributed by atoms with Crippen molar-refractivity contribution in [2.75, 3.05) is 6.61 Å². The minimum Gasteiger partial charge on any atom is -0.453 e. The molecule has 2 heterocycles. The maximum Gasteiger partial charge on any atom is 0.422 e. The number of ether oxygens (including phenoxy) is 1. The number of halogens is 3. The molecule has 21 heavy (non-hydrogen) atoms. The highest BCUT2D eigenvalue weighted by Gasteiger charge is 2.35. The number of alkyl halides is 3.